The average molecular weight is 413 g/mol. The van der Waals surface area contributed by atoms with E-state index in [-0.39, 0.29) is 10.0 Å². The minimum absolute atomic E-state index is 0.0242. The molecule has 0 spiro atoms. The van der Waals surface area contributed by atoms with E-state index in [0.29, 0.717) is 10.2 Å². The lowest BCUT2D eigenvalue weighted by Gasteiger charge is -2.13. The maximum absolute atomic E-state index is 12.6. The van der Waals surface area contributed by atoms with Gasteiger partial charge in [-0.15, -0.1) is 0 Å². The smallest absolute Gasteiger partial charge is 0.263 e. The molecule has 2 aromatic heterocycles. The van der Waals surface area contributed by atoms with Crippen molar-refractivity contribution in [2.24, 2.45) is 0 Å². The number of sulfonamides is 1. The third kappa shape index (κ3) is 3.41. The van der Waals surface area contributed by atoms with Crippen LogP contribution in [-0.4, -0.2) is 18.0 Å². The second kappa shape index (κ2) is 6.35. The van der Waals surface area contributed by atoms with Crippen molar-refractivity contribution in [2.45, 2.75) is 4.90 Å². The molecule has 0 fully saturated rings. The van der Waals surface area contributed by atoms with Gasteiger partial charge in [-0.05, 0) is 46.3 Å². The van der Waals surface area contributed by atoms with Gasteiger partial charge in [0, 0.05) is 18.6 Å². The van der Waals surface area contributed by atoms with Crippen LogP contribution in [-0.2, 0) is 10.0 Å². The van der Waals surface area contributed by atoms with Crippen LogP contribution in [0.3, 0.4) is 0 Å². The normalized spacial score (nSPS) is 11.4. The Hall–Kier alpha value is -1.83. The van der Waals surface area contributed by atoms with Crippen molar-refractivity contribution < 1.29 is 8.42 Å². The molecular formula is C15H11BrClN3O2S. The Balaban J connectivity index is 2.00. The van der Waals surface area contributed by atoms with E-state index in [1.807, 2.05) is 41.2 Å². The molecule has 3 rings (SSSR count). The largest absolute Gasteiger partial charge is 0.322 e. The van der Waals surface area contributed by atoms with Crippen LogP contribution in [0.15, 0.2) is 70.4 Å². The van der Waals surface area contributed by atoms with Gasteiger partial charge in [0.1, 0.15) is 10.0 Å². The van der Waals surface area contributed by atoms with Gasteiger partial charge in [0.15, 0.2) is 0 Å². The molecule has 8 heteroatoms. The molecule has 1 aromatic carbocycles. The number of aromatic nitrogens is 2. The number of nitrogens with zero attached hydrogens (tertiary/aromatic N) is 2. The van der Waals surface area contributed by atoms with Gasteiger partial charge in [-0.2, -0.15) is 0 Å². The van der Waals surface area contributed by atoms with Crippen molar-refractivity contribution in [1.82, 2.24) is 9.55 Å². The Morgan fingerprint density at radius 1 is 1.13 bits per heavy atom. The van der Waals surface area contributed by atoms with E-state index in [4.69, 9.17) is 11.6 Å². The molecular weight excluding hydrogens is 402 g/mol. The van der Waals surface area contributed by atoms with Crippen LogP contribution < -0.4 is 4.72 Å². The van der Waals surface area contributed by atoms with Crippen molar-refractivity contribution in [3.05, 3.63) is 70.7 Å². The summed E-state index contributed by atoms with van der Waals surface area (Å²) in [5.74, 6) is 0. The standard InChI is InChI=1S/C15H11BrClN3O2S/c16-12-9-11(10-18-15(12)17)23(21,22)19-13-5-1-2-6-14(13)20-7-3-4-8-20/h1-10,19H. The van der Waals surface area contributed by atoms with Gasteiger partial charge in [0.25, 0.3) is 10.0 Å². The predicted molar refractivity (Wildman–Crippen MR) is 93.5 cm³/mol. The monoisotopic (exact) mass is 411 g/mol. The van der Waals surface area contributed by atoms with E-state index >= 15 is 0 Å². The van der Waals surface area contributed by atoms with E-state index in [1.165, 1.54) is 12.3 Å². The van der Waals surface area contributed by atoms with Crippen LogP contribution in [0.25, 0.3) is 5.69 Å². The van der Waals surface area contributed by atoms with E-state index in [9.17, 15) is 8.42 Å². The van der Waals surface area contributed by atoms with E-state index in [1.54, 1.807) is 12.1 Å². The Kier molecular flexibility index (Phi) is 4.43. The summed E-state index contributed by atoms with van der Waals surface area (Å²) in [6.45, 7) is 0. The maximum atomic E-state index is 12.6. The first kappa shape index (κ1) is 16.0. The molecule has 1 N–H and O–H groups in total. The highest BCUT2D eigenvalue weighted by atomic mass is 79.9. The first-order valence-electron chi connectivity index (χ1n) is 6.53. The SMILES string of the molecule is O=S(=O)(Nc1ccccc1-n1cccc1)c1cnc(Cl)c(Br)c1. The van der Waals surface area contributed by atoms with E-state index < -0.39 is 10.0 Å². The van der Waals surface area contributed by atoms with Crippen LogP contribution in [0.2, 0.25) is 5.15 Å². The number of pyridine rings is 1. The molecule has 0 atom stereocenters. The molecule has 0 aliphatic heterocycles. The van der Waals surface area contributed by atoms with Crippen molar-refractivity contribution in [2.75, 3.05) is 4.72 Å². The zero-order valence-corrected chi connectivity index (χ0v) is 14.8. The predicted octanol–water partition coefficient (Wildman–Crippen LogP) is 4.09. The molecule has 0 aliphatic rings. The zero-order chi connectivity index (χ0) is 16.4. The topological polar surface area (TPSA) is 64.0 Å². The molecule has 0 saturated heterocycles. The Morgan fingerprint density at radius 2 is 1.83 bits per heavy atom. The fraction of sp³-hybridized carbons (Fsp3) is 0. The molecule has 3 aromatic rings. The summed E-state index contributed by atoms with van der Waals surface area (Å²) in [6.07, 6.45) is 4.90. The summed E-state index contributed by atoms with van der Waals surface area (Å²) in [5, 5.41) is 0.205. The highest BCUT2D eigenvalue weighted by Crippen LogP contribution is 2.26. The van der Waals surface area contributed by atoms with Crippen molar-refractivity contribution in [3.63, 3.8) is 0 Å². The second-order valence-electron chi connectivity index (χ2n) is 4.66. The molecule has 2 heterocycles. The molecule has 0 radical (unpaired) electrons. The van der Waals surface area contributed by atoms with Gasteiger partial charge in [0.2, 0.25) is 0 Å². The molecule has 0 bridgehead atoms. The number of hydrogen-bond donors (Lipinski definition) is 1. The molecule has 0 saturated carbocycles. The van der Waals surface area contributed by atoms with Gasteiger partial charge < -0.3 is 4.57 Å². The first-order valence-corrected chi connectivity index (χ1v) is 9.19. The van der Waals surface area contributed by atoms with Crippen LogP contribution >= 0.6 is 27.5 Å². The number of hydrogen-bond acceptors (Lipinski definition) is 3. The number of para-hydroxylation sites is 2. The van der Waals surface area contributed by atoms with Crippen molar-refractivity contribution in [1.29, 1.82) is 0 Å². The minimum atomic E-state index is -3.78. The van der Waals surface area contributed by atoms with E-state index in [0.717, 1.165) is 5.69 Å². The summed E-state index contributed by atoms with van der Waals surface area (Å²) in [7, 11) is -3.78. The van der Waals surface area contributed by atoms with Gasteiger partial charge in [-0.3, -0.25) is 4.72 Å². The van der Waals surface area contributed by atoms with Gasteiger partial charge in [-0.25, -0.2) is 13.4 Å². The van der Waals surface area contributed by atoms with Gasteiger partial charge >= 0.3 is 0 Å². The van der Waals surface area contributed by atoms with Crippen molar-refractivity contribution >= 4 is 43.2 Å². The summed E-state index contributed by atoms with van der Waals surface area (Å²) < 4.78 is 30.0. The summed E-state index contributed by atoms with van der Waals surface area (Å²) in [5.41, 5.74) is 1.19. The molecule has 5 nitrogen and oxygen atoms in total. The summed E-state index contributed by atoms with van der Waals surface area (Å²) in [4.78, 5) is 3.88. The summed E-state index contributed by atoms with van der Waals surface area (Å²) in [6, 6.07) is 12.3. The number of halogens is 2. The molecule has 0 aliphatic carbocycles. The Labute approximate surface area is 147 Å². The third-order valence-corrected chi connectivity index (χ3v) is 5.58. The average Bonchev–Trinajstić information content (AvgIpc) is 3.04. The van der Waals surface area contributed by atoms with Crippen LogP contribution in [0.1, 0.15) is 0 Å². The first-order chi connectivity index (χ1) is 11.0. The quantitative estimate of drug-likeness (QED) is 0.657. The molecule has 0 amide bonds. The lowest BCUT2D eigenvalue weighted by Crippen LogP contribution is -2.15. The fourth-order valence-corrected chi connectivity index (χ4v) is 3.68. The lowest BCUT2D eigenvalue weighted by atomic mass is 10.3. The number of benzene rings is 1. The Bertz CT molecular complexity index is 943. The zero-order valence-electron chi connectivity index (χ0n) is 11.6. The molecule has 23 heavy (non-hydrogen) atoms. The van der Waals surface area contributed by atoms with Gasteiger partial charge in [0.05, 0.1) is 15.8 Å². The Morgan fingerprint density at radius 3 is 2.52 bits per heavy atom. The van der Waals surface area contributed by atoms with Crippen LogP contribution in [0.4, 0.5) is 5.69 Å². The van der Waals surface area contributed by atoms with Crippen LogP contribution in [0, 0.1) is 0 Å². The second-order valence-corrected chi connectivity index (χ2v) is 7.55. The van der Waals surface area contributed by atoms with Gasteiger partial charge in [-0.1, -0.05) is 23.7 Å². The minimum Gasteiger partial charge on any atom is -0.322 e. The van der Waals surface area contributed by atoms with E-state index in [2.05, 4.69) is 25.6 Å². The van der Waals surface area contributed by atoms with Crippen LogP contribution in [0.5, 0.6) is 0 Å². The number of rotatable bonds is 4. The van der Waals surface area contributed by atoms with Crippen molar-refractivity contribution in [3.8, 4) is 5.69 Å². The maximum Gasteiger partial charge on any atom is 0.263 e. The summed E-state index contributed by atoms with van der Waals surface area (Å²) >= 11 is 8.99. The fourth-order valence-electron chi connectivity index (χ4n) is 2.03. The molecule has 0 unspecified atom stereocenters. The highest BCUT2D eigenvalue weighted by molar-refractivity contribution is 9.10. The highest BCUT2D eigenvalue weighted by Gasteiger charge is 2.18. The number of nitrogens with one attached hydrogen (secondary N) is 1. The molecule has 118 valence electrons. The number of anilines is 1. The lowest BCUT2D eigenvalue weighted by molar-refractivity contribution is 0.600. The third-order valence-electron chi connectivity index (χ3n) is 3.11.